The van der Waals surface area contributed by atoms with Crippen molar-refractivity contribution in [1.82, 2.24) is 35.1 Å². The highest BCUT2D eigenvalue weighted by Crippen LogP contribution is 2.32. The maximum absolute atomic E-state index is 13.3. The van der Waals surface area contributed by atoms with Crippen LogP contribution in [0.25, 0.3) is 11.3 Å². The van der Waals surface area contributed by atoms with Crippen LogP contribution in [0.5, 0.6) is 0 Å². The van der Waals surface area contributed by atoms with Gasteiger partial charge in [0.2, 0.25) is 5.91 Å². The molecule has 228 valence electrons. The normalized spacial score (nSPS) is 18.3. The number of ether oxygens (including phenoxy) is 1. The van der Waals surface area contributed by atoms with Gasteiger partial charge in [0.1, 0.15) is 23.4 Å². The molecular weight excluding hydrogens is 562 g/mol. The number of hydrogen-bond acceptors (Lipinski definition) is 6. The molecule has 3 unspecified atom stereocenters. The lowest BCUT2D eigenvalue weighted by Crippen LogP contribution is -2.51. The summed E-state index contributed by atoms with van der Waals surface area (Å²) in [6.07, 6.45) is 4.95. The van der Waals surface area contributed by atoms with Crippen molar-refractivity contribution in [2.45, 2.75) is 57.7 Å². The molecule has 0 radical (unpaired) electrons. The van der Waals surface area contributed by atoms with Crippen LogP contribution in [0.2, 0.25) is 0 Å². The van der Waals surface area contributed by atoms with E-state index in [1.54, 1.807) is 17.3 Å². The topological polar surface area (TPSA) is 157 Å². The summed E-state index contributed by atoms with van der Waals surface area (Å²) >= 11 is 0. The van der Waals surface area contributed by atoms with Crippen molar-refractivity contribution in [3.63, 3.8) is 0 Å². The predicted octanol–water partition coefficient (Wildman–Crippen LogP) is 4.06. The van der Waals surface area contributed by atoms with E-state index < -0.39 is 18.2 Å². The van der Waals surface area contributed by atoms with Crippen molar-refractivity contribution in [1.29, 1.82) is 0 Å². The maximum atomic E-state index is 13.3. The molecule has 3 amide bonds. The van der Waals surface area contributed by atoms with Gasteiger partial charge in [0.25, 0.3) is 0 Å². The highest BCUT2D eigenvalue weighted by atomic mass is 16.5. The third-order valence-corrected chi connectivity index (χ3v) is 7.91. The summed E-state index contributed by atoms with van der Waals surface area (Å²) in [6.45, 7) is 4.85. The molecule has 0 bridgehead atoms. The summed E-state index contributed by atoms with van der Waals surface area (Å²) in [7, 11) is 1.27. The quantitative estimate of drug-likeness (QED) is 0.312. The van der Waals surface area contributed by atoms with E-state index >= 15 is 0 Å². The molecule has 1 aromatic carbocycles. The molecule has 2 aliphatic heterocycles. The molecule has 4 heterocycles. The van der Waals surface area contributed by atoms with E-state index in [9.17, 15) is 19.5 Å². The number of imidazole rings is 2. The van der Waals surface area contributed by atoms with Gasteiger partial charge in [0, 0.05) is 18.7 Å². The van der Waals surface area contributed by atoms with E-state index in [4.69, 9.17) is 4.74 Å². The van der Waals surface area contributed by atoms with Gasteiger partial charge >= 0.3 is 12.2 Å². The van der Waals surface area contributed by atoms with Crippen LogP contribution in [-0.4, -0.2) is 79.2 Å². The van der Waals surface area contributed by atoms with E-state index in [-0.39, 0.29) is 23.9 Å². The van der Waals surface area contributed by atoms with Gasteiger partial charge in [0.15, 0.2) is 0 Å². The Morgan fingerprint density at radius 2 is 1.59 bits per heavy atom. The predicted molar refractivity (Wildman–Crippen MR) is 161 cm³/mol. The first-order chi connectivity index (χ1) is 21.2. The number of likely N-dealkylation sites (tertiary alicyclic amines) is 2. The number of rotatable bonds is 6. The Labute approximate surface area is 255 Å². The number of carbonyl (C=O) groups excluding carboxylic acids is 2. The second-order valence-corrected chi connectivity index (χ2v) is 11.1. The van der Waals surface area contributed by atoms with Crippen molar-refractivity contribution in [2.24, 2.45) is 5.92 Å². The van der Waals surface area contributed by atoms with Gasteiger partial charge in [-0.2, -0.15) is 0 Å². The van der Waals surface area contributed by atoms with Crippen LogP contribution in [-0.2, 0) is 9.53 Å². The fourth-order valence-corrected chi connectivity index (χ4v) is 5.63. The van der Waals surface area contributed by atoms with Crippen molar-refractivity contribution in [3.8, 4) is 34.9 Å². The monoisotopic (exact) mass is 597 g/mol. The lowest BCUT2D eigenvalue weighted by Gasteiger charge is -2.29. The third-order valence-electron chi connectivity index (χ3n) is 7.91. The molecule has 12 heteroatoms. The number of aromatic nitrogens is 4. The number of amides is 3. The van der Waals surface area contributed by atoms with E-state index in [0.29, 0.717) is 30.4 Å². The second kappa shape index (κ2) is 13.4. The number of alkyl carbamates (subject to hydrolysis) is 1. The minimum atomic E-state index is -0.928. The molecule has 0 saturated carbocycles. The zero-order chi connectivity index (χ0) is 31.2. The standard InChI is InChI=1S/C32H35N7O5/c1-20(2)27(37-31(41)44-3)30(40)38-16-6-10-25(38)28-33-18-23(35-28)9-5-4-8-21-12-14-22(15-13-21)24-19-34-29(36-24)26-11-7-17-39(26)32(42)43/h12-15,18-20,25-27H,6-7,10-11,16-17H2,1-3H3,(H,33,35)(H,34,36)(H,37,41)(H,42,43). The van der Waals surface area contributed by atoms with Crippen LogP contribution in [0.15, 0.2) is 36.7 Å². The fourth-order valence-electron chi connectivity index (χ4n) is 5.63. The van der Waals surface area contributed by atoms with Crippen LogP contribution < -0.4 is 5.32 Å². The molecule has 2 saturated heterocycles. The van der Waals surface area contributed by atoms with Crippen molar-refractivity contribution in [3.05, 3.63) is 59.6 Å². The Bertz CT molecular complexity index is 1640. The minimum Gasteiger partial charge on any atom is -0.465 e. The molecule has 3 aromatic rings. The van der Waals surface area contributed by atoms with Gasteiger partial charge in [-0.3, -0.25) is 9.69 Å². The molecule has 3 atom stereocenters. The summed E-state index contributed by atoms with van der Waals surface area (Å²) in [4.78, 5) is 55.1. The number of hydrogen-bond donors (Lipinski definition) is 4. The number of nitrogens with one attached hydrogen (secondary N) is 3. The van der Waals surface area contributed by atoms with Crippen LogP contribution >= 0.6 is 0 Å². The Balaban J connectivity index is 1.20. The first-order valence-corrected chi connectivity index (χ1v) is 14.6. The van der Waals surface area contributed by atoms with Crippen LogP contribution in [0, 0.1) is 29.6 Å². The van der Waals surface area contributed by atoms with E-state index in [1.807, 2.05) is 38.1 Å². The van der Waals surface area contributed by atoms with Gasteiger partial charge in [-0.05, 0) is 67.1 Å². The number of H-pyrrole nitrogens is 2. The number of carbonyl (C=O) groups is 3. The van der Waals surface area contributed by atoms with Gasteiger partial charge < -0.3 is 30.0 Å². The zero-order valence-electron chi connectivity index (χ0n) is 24.9. The Morgan fingerprint density at radius 1 is 0.955 bits per heavy atom. The third kappa shape index (κ3) is 6.70. The van der Waals surface area contributed by atoms with E-state index in [1.165, 1.54) is 12.0 Å². The highest BCUT2D eigenvalue weighted by molar-refractivity contribution is 5.86. The minimum absolute atomic E-state index is 0.109. The Hall–Kier alpha value is -5.23. The first-order valence-electron chi connectivity index (χ1n) is 14.6. The average Bonchev–Trinajstić information content (AvgIpc) is 3.84. The largest absolute Gasteiger partial charge is 0.465 e. The van der Waals surface area contributed by atoms with E-state index in [2.05, 4.69) is 48.9 Å². The maximum Gasteiger partial charge on any atom is 0.407 e. The number of methoxy groups -OCH3 is 1. The van der Waals surface area contributed by atoms with Crippen molar-refractivity contribution >= 4 is 18.1 Å². The molecule has 44 heavy (non-hydrogen) atoms. The lowest BCUT2D eigenvalue weighted by molar-refractivity contribution is -0.135. The highest BCUT2D eigenvalue weighted by Gasteiger charge is 2.37. The zero-order valence-corrected chi connectivity index (χ0v) is 24.9. The Kier molecular flexibility index (Phi) is 9.20. The molecule has 2 fully saturated rings. The molecule has 5 rings (SSSR count). The summed E-state index contributed by atoms with van der Waals surface area (Å²) in [5, 5.41) is 12.1. The smallest absolute Gasteiger partial charge is 0.407 e. The molecule has 0 spiro atoms. The molecule has 2 aromatic heterocycles. The Morgan fingerprint density at radius 3 is 2.27 bits per heavy atom. The van der Waals surface area contributed by atoms with Crippen LogP contribution in [0.4, 0.5) is 9.59 Å². The lowest BCUT2D eigenvalue weighted by atomic mass is 10.0. The molecule has 12 nitrogen and oxygen atoms in total. The van der Waals surface area contributed by atoms with Gasteiger partial charge in [0.05, 0.1) is 37.3 Å². The first kappa shape index (κ1) is 30.2. The van der Waals surface area contributed by atoms with Crippen LogP contribution in [0.3, 0.4) is 0 Å². The molecule has 2 aliphatic rings. The molecular formula is C32H35N7O5. The van der Waals surface area contributed by atoms with Crippen molar-refractivity contribution in [2.75, 3.05) is 20.2 Å². The summed E-state index contributed by atoms with van der Waals surface area (Å²) < 4.78 is 4.70. The summed E-state index contributed by atoms with van der Waals surface area (Å²) in [5.74, 6) is 12.8. The summed E-state index contributed by atoms with van der Waals surface area (Å²) in [6, 6.07) is 6.47. The molecule has 0 aliphatic carbocycles. The van der Waals surface area contributed by atoms with Crippen LogP contribution in [0.1, 0.15) is 74.5 Å². The average molecular weight is 598 g/mol. The number of aromatic amines is 2. The SMILES string of the molecule is COC(=O)NC(C(=O)N1CCCC1c1ncc(C#CC#Cc2ccc(-c3cnc(C4CCCN4C(=O)O)[nH]3)cc2)[nH]1)C(C)C. The molecule has 4 N–H and O–H groups in total. The number of nitrogens with zero attached hydrogens (tertiary/aromatic N) is 4. The van der Waals surface area contributed by atoms with Gasteiger partial charge in [-0.15, -0.1) is 0 Å². The number of carboxylic acid groups (broad SMARTS) is 1. The van der Waals surface area contributed by atoms with Gasteiger partial charge in [-0.1, -0.05) is 31.9 Å². The van der Waals surface area contributed by atoms with Crippen molar-refractivity contribution < 1.29 is 24.2 Å². The van der Waals surface area contributed by atoms with Gasteiger partial charge in [-0.25, -0.2) is 19.6 Å². The van der Waals surface area contributed by atoms with E-state index in [0.717, 1.165) is 42.5 Å². The fraction of sp³-hybridized carbons (Fsp3) is 0.406. The second-order valence-electron chi connectivity index (χ2n) is 11.1. The number of benzene rings is 1. The summed E-state index contributed by atoms with van der Waals surface area (Å²) in [5.41, 5.74) is 3.12.